The molecule has 1 aliphatic heterocycles. The molecule has 2 aliphatic rings. The van der Waals surface area contributed by atoms with E-state index in [2.05, 4.69) is 5.32 Å². The average molecular weight is 268 g/mol. The minimum atomic E-state index is -0.0162. The molecule has 1 aliphatic carbocycles. The van der Waals surface area contributed by atoms with Crippen LogP contribution in [0.5, 0.6) is 0 Å². The van der Waals surface area contributed by atoms with Gasteiger partial charge in [-0.2, -0.15) is 0 Å². The van der Waals surface area contributed by atoms with Crippen molar-refractivity contribution in [2.45, 2.75) is 19.3 Å². The summed E-state index contributed by atoms with van der Waals surface area (Å²) >= 11 is 0. The third-order valence-corrected chi connectivity index (χ3v) is 3.55. The first-order valence-electron chi connectivity index (χ1n) is 6.73. The van der Waals surface area contributed by atoms with E-state index in [9.17, 15) is 9.59 Å². The number of benzene rings is 1. The first-order chi connectivity index (χ1) is 9.69. The number of hydrogen-bond acceptors (Lipinski definition) is 2. The molecular formula is C16H16N2O2. The maximum absolute atomic E-state index is 12.0. The Morgan fingerprint density at radius 2 is 1.90 bits per heavy atom. The zero-order valence-corrected chi connectivity index (χ0v) is 11.3. The molecule has 0 atom stereocenters. The molecule has 0 bridgehead atoms. The van der Waals surface area contributed by atoms with E-state index in [1.165, 1.54) is 5.57 Å². The highest BCUT2D eigenvalue weighted by Gasteiger charge is 2.28. The maximum atomic E-state index is 12.0. The Kier molecular flexibility index (Phi) is 3.14. The second kappa shape index (κ2) is 4.96. The van der Waals surface area contributed by atoms with E-state index < -0.39 is 0 Å². The highest BCUT2D eigenvalue weighted by Crippen LogP contribution is 2.37. The van der Waals surface area contributed by atoms with Crippen molar-refractivity contribution in [3.63, 3.8) is 0 Å². The number of rotatable bonds is 3. The lowest BCUT2D eigenvalue weighted by atomic mass is 10.1. The first kappa shape index (κ1) is 12.7. The molecule has 0 aromatic heterocycles. The predicted octanol–water partition coefficient (Wildman–Crippen LogP) is 1.93. The number of carbonyl (C=O) groups is 2. The molecule has 1 aromatic rings. The summed E-state index contributed by atoms with van der Waals surface area (Å²) in [6, 6.07) is 7.58. The molecule has 20 heavy (non-hydrogen) atoms. The van der Waals surface area contributed by atoms with E-state index in [1.54, 1.807) is 18.0 Å². The van der Waals surface area contributed by atoms with Gasteiger partial charge in [-0.05, 0) is 42.2 Å². The molecule has 4 heteroatoms. The molecule has 4 nitrogen and oxygen atoms in total. The van der Waals surface area contributed by atoms with Crippen LogP contribution >= 0.6 is 0 Å². The fraction of sp³-hybridized carbons (Fsp3) is 0.250. The van der Waals surface area contributed by atoms with Crippen LogP contribution in [0, 0.1) is 0 Å². The summed E-state index contributed by atoms with van der Waals surface area (Å²) < 4.78 is 0. The zero-order valence-electron chi connectivity index (χ0n) is 11.3. The monoisotopic (exact) mass is 268 g/mol. The van der Waals surface area contributed by atoms with Gasteiger partial charge in [0.25, 0.3) is 5.91 Å². The minimum absolute atomic E-state index is 0.00143. The van der Waals surface area contributed by atoms with Crippen molar-refractivity contribution in [3.8, 4) is 0 Å². The predicted molar refractivity (Wildman–Crippen MR) is 77.1 cm³/mol. The number of nitrogens with zero attached hydrogens (tertiary/aromatic N) is 1. The molecule has 102 valence electrons. The first-order valence-corrected chi connectivity index (χ1v) is 6.73. The van der Waals surface area contributed by atoms with Crippen molar-refractivity contribution in [2.24, 2.45) is 0 Å². The molecule has 0 radical (unpaired) electrons. The van der Waals surface area contributed by atoms with Crippen molar-refractivity contribution in [3.05, 3.63) is 53.3 Å². The van der Waals surface area contributed by atoms with E-state index >= 15 is 0 Å². The van der Waals surface area contributed by atoms with Crippen molar-refractivity contribution >= 4 is 17.5 Å². The second-order valence-corrected chi connectivity index (χ2v) is 5.01. The lowest BCUT2D eigenvalue weighted by molar-refractivity contribution is -0.120. The van der Waals surface area contributed by atoms with Gasteiger partial charge in [-0.3, -0.25) is 14.5 Å². The van der Waals surface area contributed by atoms with Gasteiger partial charge in [0.1, 0.15) is 0 Å². The molecule has 1 N–H and O–H groups in total. The van der Waals surface area contributed by atoms with Crippen LogP contribution in [0.4, 0.5) is 5.69 Å². The third-order valence-electron chi connectivity index (χ3n) is 3.55. The second-order valence-electron chi connectivity index (χ2n) is 5.01. The van der Waals surface area contributed by atoms with E-state index in [0.717, 1.165) is 29.8 Å². The number of hydrogen-bond donors (Lipinski definition) is 1. The van der Waals surface area contributed by atoms with Gasteiger partial charge >= 0.3 is 0 Å². The van der Waals surface area contributed by atoms with Crippen LogP contribution in [0.3, 0.4) is 0 Å². The Morgan fingerprint density at radius 1 is 1.20 bits per heavy atom. The third kappa shape index (κ3) is 2.37. The van der Waals surface area contributed by atoms with Crippen molar-refractivity contribution < 1.29 is 9.59 Å². The van der Waals surface area contributed by atoms with E-state index in [-0.39, 0.29) is 11.8 Å². The molecule has 1 saturated carbocycles. The van der Waals surface area contributed by atoms with Crippen molar-refractivity contribution in [2.75, 3.05) is 11.9 Å². The van der Waals surface area contributed by atoms with Crippen LogP contribution in [0.2, 0.25) is 0 Å². The van der Waals surface area contributed by atoms with Crippen molar-refractivity contribution in [1.82, 2.24) is 5.32 Å². The SMILES string of the molecule is CNC(=O)Cc1ccc(N2C(=O)C=CC2=C2CC2)cc1. The van der Waals surface area contributed by atoms with Crippen LogP contribution in [-0.4, -0.2) is 18.9 Å². The lowest BCUT2D eigenvalue weighted by Crippen LogP contribution is -2.23. The van der Waals surface area contributed by atoms with Gasteiger partial charge in [0.2, 0.25) is 5.91 Å². The fourth-order valence-corrected chi connectivity index (χ4v) is 2.32. The summed E-state index contributed by atoms with van der Waals surface area (Å²) in [7, 11) is 1.62. The lowest BCUT2D eigenvalue weighted by Gasteiger charge is -2.18. The van der Waals surface area contributed by atoms with Crippen molar-refractivity contribution in [1.29, 1.82) is 0 Å². The summed E-state index contributed by atoms with van der Waals surface area (Å²) in [5.74, 6) is -0.0177. The number of allylic oxidation sites excluding steroid dienone is 2. The van der Waals surface area contributed by atoms with Crippen LogP contribution < -0.4 is 10.2 Å². The number of carbonyl (C=O) groups excluding carboxylic acids is 2. The average Bonchev–Trinajstić information content (AvgIpc) is 3.23. The largest absolute Gasteiger partial charge is 0.359 e. The topological polar surface area (TPSA) is 49.4 Å². The smallest absolute Gasteiger partial charge is 0.255 e. The Balaban J connectivity index is 1.82. The number of likely N-dealkylation sites (N-methyl/N-ethyl adjacent to an activating group) is 1. The fourth-order valence-electron chi connectivity index (χ4n) is 2.32. The van der Waals surface area contributed by atoms with Gasteiger partial charge in [0.05, 0.1) is 6.42 Å². The zero-order chi connectivity index (χ0) is 14.1. The molecule has 2 amide bonds. The molecular weight excluding hydrogens is 252 g/mol. The maximum Gasteiger partial charge on any atom is 0.255 e. The van der Waals surface area contributed by atoms with Gasteiger partial charge in [0, 0.05) is 24.5 Å². The Hall–Kier alpha value is -2.36. The summed E-state index contributed by atoms with van der Waals surface area (Å²) in [5.41, 5.74) is 4.15. The summed E-state index contributed by atoms with van der Waals surface area (Å²) in [4.78, 5) is 25.0. The Morgan fingerprint density at radius 3 is 2.50 bits per heavy atom. The summed E-state index contributed by atoms with van der Waals surface area (Å²) in [5, 5.41) is 2.60. The molecule has 0 unspecified atom stereocenters. The quantitative estimate of drug-likeness (QED) is 0.910. The molecule has 0 saturated heterocycles. The minimum Gasteiger partial charge on any atom is -0.359 e. The van der Waals surface area contributed by atoms with Crippen LogP contribution in [0.1, 0.15) is 18.4 Å². The molecule has 1 aromatic carbocycles. The van der Waals surface area contributed by atoms with Gasteiger partial charge in [-0.15, -0.1) is 0 Å². The van der Waals surface area contributed by atoms with Crippen LogP contribution in [-0.2, 0) is 16.0 Å². The number of nitrogens with one attached hydrogen (secondary N) is 1. The van der Waals surface area contributed by atoms with E-state index in [1.807, 2.05) is 30.3 Å². The molecule has 1 heterocycles. The van der Waals surface area contributed by atoms with E-state index in [4.69, 9.17) is 0 Å². The summed E-state index contributed by atoms with van der Waals surface area (Å²) in [6.45, 7) is 0. The van der Waals surface area contributed by atoms with Crippen LogP contribution in [0.25, 0.3) is 0 Å². The molecule has 0 spiro atoms. The Bertz CT molecular complexity index is 620. The van der Waals surface area contributed by atoms with Gasteiger partial charge in [-0.25, -0.2) is 0 Å². The number of anilines is 1. The molecule has 1 fully saturated rings. The standard InChI is InChI=1S/C16H16N2O2/c1-17-15(19)10-11-2-6-13(7-3-11)18-14(12-4-5-12)8-9-16(18)20/h2-3,6-9H,4-5,10H2,1H3,(H,17,19). The highest BCUT2D eigenvalue weighted by atomic mass is 16.2. The molecule has 3 rings (SSSR count). The van der Waals surface area contributed by atoms with E-state index in [0.29, 0.717) is 6.42 Å². The summed E-state index contributed by atoms with van der Waals surface area (Å²) in [6.07, 6.45) is 6.02. The van der Waals surface area contributed by atoms with Crippen LogP contribution in [0.15, 0.2) is 47.7 Å². The normalized spacial score (nSPS) is 16.9. The Labute approximate surface area is 117 Å². The van der Waals surface area contributed by atoms with Gasteiger partial charge in [0.15, 0.2) is 0 Å². The van der Waals surface area contributed by atoms with Gasteiger partial charge in [-0.1, -0.05) is 12.1 Å². The highest BCUT2D eigenvalue weighted by molar-refractivity contribution is 6.08. The van der Waals surface area contributed by atoms with Gasteiger partial charge < -0.3 is 5.32 Å². The number of amides is 2.